The van der Waals surface area contributed by atoms with Crippen molar-refractivity contribution in [3.8, 4) is 0 Å². The number of nitrogens with zero attached hydrogens (tertiary/aromatic N) is 1. The molecule has 3 atom stereocenters. The van der Waals surface area contributed by atoms with Crippen LogP contribution < -0.4 is 5.32 Å². The van der Waals surface area contributed by atoms with E-state index in [-0.39, 0.29) is 0 Å². The predicted molar refractivity (Wildman–Crippen MR) is 98.9 cm³/mol. The van der Waals surface area contributed by atoms with Gasteiger partial charge in [-0.15, -0.1) is 0 Å². The number of hydrogen-bond acceptors (Lipinski definition) is 5. The van der Waals surface area contributed by atoms with Gasteiger partial charge in [-0.05, 0) is 50.5 Å². The highest BCUT2D eigenvalue weighted by atomic mass is 16.7. The molecule has 5 nitrogen and oxygen atoms in total. The lowest BCUT2D eigenvalue weighted by atomic mass is 9.88. The Morgan fingerprint density at radius 2 is 2.00 bits per heavy atom. The highest BCUT2D eigenvalue weighted by molar-refractivity contribution is 5.36. The predicted octanol–water partition coefficient (Wildman–Crippen LogP) is 3.18. The fraction of sp³-hybridized carbons (Fsp3) is 0.650. The second-order valence-electron chi connectivity index (χ2n) is 6.82. The van der Waals surface area contributed by atoms with Crippen molar-refractivity contribution in [1.29, 1.82) is 0 Å². The SMILES string of the molecule is CCOC=O.CON1CCC(NC(C)c2ccccc2)C(C2CC2)C1. The molecule has 1 N–H and O–H groups in total. The van der Waals surface area contributed by atoms with E-state index in [9.17, 15) is 4.79 Å². The average Bonchev–Trinajstić information content (AvgIpc) is 3.49. The van der Waals surface area contributed by atoms with Crippen molar-refractivity contribution in [2.45, 2.75) is 45.2 Å². The van der Waals surface area contributed by atoms with Gasteiger partial charge in [0.1, 0.15) is 0 Å². The Labute approximate surface area is 151 Å². The third-order valence-electron chi connectivity index (χ3n) is 5.10. The summed E-state index contributed by atoms with van der Waals surface area (Å²) in [6.07, 6.45) is 3.99. The second kappa shape index (κ2) is 10.5. The van der Waals surface area contributed by atoms with Crippen molar-refractivity contribution in [2.24, 2.45) is 11.8 Å². The normalized spacial score (nSPS) is 24.8. The lowest BCUT2D eigenvalue weighted by molar-refractivity contribution is -0.159. The van der Waals surface area contributed by atoms with Crippen molar-refractivity contribution in [2.75, 3.05) is 26.8 Å². The number of carbonyl (C=O) groups excluding carboxylic acids is 1. The molecule has 2 fully saturated rings. The maximum atomic E-state index is 9.18. The maximum absolute atomic E-state index is 9.18. The fourth-order valence-corrected chi connectivity index (χ4v) is 3.55. The van der Waals surface area contributed by atoms with Crippen molar-refractivity contribution >= 4 is 6.47 Å². The molecule has 0 radical (unpaired) electrons. The van der Waals surface area contributed by atoms with E-state index in [0.717, 1.165) is 24.9 Å². The van der Waals surface area contributed by atoms with E-state index < -0.39 is 0 Å². The molecular weight excluding hydrogens is 316 g/mol. The Balaban J connectivity index is 0.000000399. The molecule has 25 heavy (non-hydrogen) atoms. The largest absolute Gasteiger partial charge is 0.468 e. The first-order valence-electron chi connectivity index (χ1n) is 9.34. The summed E-state index contributed by atoms with van der Waals surface area (Å²) in [5.41, 5.74) is 1.39. The molecule has 0 aromatic heterocycles. The summed E-state index contributed by atoms with van der Waals surface area (Å²) in [7, 11) is 1.80. The number of carbonyl (C=O) groups is 1. The van der Waals surface area contributed by atoms with Crippen LogP contribution in [0.1, 0.15) is 44.7 Å². The van der Waals surface area contributed by atoms with E-state index in [1.165, 1.54) is 24.8 Å². The number of ether oxygens (including phenoxy) is 1. The molecular formula is C20H32N2O3. The second-order valence-corrected chi connectivity index (χ2v) is 6.82. The van der Waals surface area contributed by atoms with Gasteiger partial charge in [0.05, 0.1) is 13.7 Å². The minimum absolute atomic E-state index is 0.427. The first kappa shape index (κ1) is 19.9. The summed E-state index contributed by atoms with van der Waals surface area (Å²) in [5, 5.41) is 6.00. The van der Waals surface area contributed by atoms with Crippen LogP contribution in [0.2, 0.25) is 0 Å². The lowest BCUT2D eigenvalue weighted by Crippen LogP contribution is -2.50. The summed E-state index contributed by atoms with van der Waals surface area (Å²) < 4.78 is 4.15. The van der Waals surface area contributed by atoms with Crippen molar-refractivity contribution < 1.29 is 14.4 Å². The smallest absolute Gasteiger partial charge is 0.293 e. The molecule has 140 valence electrons. The Kier molecular flexibility index (Phi) is 8.38. The summed E-state index contributed by atoms with van der Waals surface area (Å²) in [6, 6.07) is 11.8. The zero-order valence-corrected chi connectivity index (χ0v) is 15.7. The number of piperidine rings is 1. The van der Waals surface area contributed by atoms with Gasteiger partial charge in [-0.1, -0.05) is 30.3 Å². The van der Waals surface area contributed by atoms with E-state index in [4.69, 9.17) is 4.84 Å². The van der Waals surface area contributed by atoms with E-state index in [2.05, 4.69) is 52.4 Å². The summed E-state index contributed by atoms with van der Waals surface area (Å²) in [6.45, 7) is 7.07. The quantitative estimate of drug-likeness (QED) is 0.767. The third-order valence-corrected chi connectivity index (χ3v) is 5.10. The average molecular weight is 348 g/mol. The topological polar surface area (TPSA) is 50.8 Å². The van der Waals surface area contributed by atoms with Crippen LogP contribution >= 0.6 is 0 Å². The lowest BCUT2D eigenvalue weighted by Gasteiger charge is -2.39. The molecule has 1 heterocycles. The van der Waals surface area contributed by atoms with Crippen LogP contribution in [0.3, 0.4) is 0 Å². The number of hydrogen-bond donors (Lipinski definition) is 1. The van der Waals surface area contributed by atoms with Gasteiger partial charge in [-0.3, -0.25) is 4.79 Å². The Hall–Kier alpha value is -1.43. The fourth-order valence-electron chi connectivity index (χ4n) is 3.55. The van der Waals surface area contributed by atoms with Crippen LogP contribution in [0, 0.1) is 11.8 Å². The monoisotopic (exact) mass is 348 g/mol. The van der Waals surface area contributed by atoms with Crippen molar-refractivity contribution in [3.05, 3.63) is 35.9 Å². The van der Waals surface area contributed by atoms with Gasteiger partial charge in [0.15, 0.2) is 0 Å². The van der Waals surface area contributed by atoms with Crippen LogP contribution in [0.25, 0.3) is 0 Å². The molecule has 3 unspecified atom stereocenters. The highest BCUT2D eigenvalue weighted by Crippen LogP contribution is 2.41. The van der Waals surface area contributed by atoms with Gasteiger partial charge in [-0.2, -0.15) is 5.06 Å². The molecule has 1 aliphatic carbocycles. The first-order chi connectivity index (χ1) is 12.2. The summed E-state index contributed by atoms with van der Waals surface area (Å²) >= 11 is 0. The molecule has 3 rings (SSSR count). The standard InChI is InChI=1S/C17H26N2O.C3H6O2/c1-13(14-6-4-3-5-7-14)18-17-10-11-19(20-2)12-16(17)15-8-9-15;1-2-5-3-4/h3-7,13,15-18H,8-12H2,1-2H3;3H,2H2,1H3. The minimum atomic E-state index is 0.427. The molecule has 1 aromatic carbocycles. The van der Waals surface area contributed by atoms with E-state index in [0.29, 0.717) is 25.2 Å². The van der Waals surface area contributed by atoms with Gasteiger partial charge in [-0.25, -0.2) is 0 Å². The molecule has 0 bridgehead atoms. The van der Waals surface area contributed by atoms with Crippen molar-refractivity contribution in [1.82, 2.24) is 10.4 Å². The van der Waals surface area contributed by atoms with Gasteiger partial charge in [0, 0.05) is 25.2 Å². The van der Waals surface area contributed by atoms with Gasteiger partial charge < -0.3 is 14.9 Å². The molecule has 0 spiro atoms. The number of rotatable bonds is 7. The Morgan fingerprint density at radius 3 is 2.52 bits per heavy atom. The van der Waals surface area contributed by atoms with E-state index >= 15 is 0 Å². The maximum Gasteiger partial charge on any atom is 0.293 e. The van der Waals surface area contributed by atoms with Gasteiger partial charge >= 0.3 is 0 Å². The minimum Gasteiger partial charge on any atom is -0.468 e. The van der Waals surface area contributed by atoms with Gasteiger partial charge in [0.2, 0.25) is 0 Å². The number of nitrogens with one attached hydrogen (secondary N) is 1. The number of benzene rings is 1. The zero-order chi connectivity index (χ0) is 18.1. The molecule has 2 aliphatic rings. The zero-order valence-electron chi connectivity index (χ0n) is 15.7. The molecule has 1 saturated carbocycles. The van der Waals surface area contributed by atoms with E-state index in [1.54, 1.807) is 14.0 Å². The summed E-state index contributed by atoms with van der Waals surface area (Å²) in [5.74, 6) is 1.66. The van der Waals surface area contributed by atoms with Crippen LogP contribution in [0.5, 0.6) is 0 Å². The molecule has 1 aliphatic heterocycles. The van der Waals surface area contributed by atoms with Crippen LogP contribution in [-0.2, 0) is 14.4 Å². The molecule has 5 heteroatoms. The highest BCUT2D eigenvalue weighted by Gasteiger charge is 2.40. The molecule has 0 amide bonds. The first-order valence-corrected chi connectivity index (χ1v) is 9.34. The van der Waals surface area contributed by atoms with Crippen molar-refractivity contribution in [3.63, 3.8) is 0 Å². The van der Waals surface area contributed by atoms with Crippen LogP contribution in [0.4, 0.5) is 0 Å². The van der Waals surface area contributed by atoms with E-state index in [1.807, 2.05) is 0 Å². The summed E-state index contributed by atoms with van der Waals surface area (Å²) in [4.78, 5) is 14.6. The van der Waals surface area contributed by atoms with Crippen LogP contribution in [0.15, 0.2) is 30.3 Å². The number of hydroxylamine groups is 2. The Bertz CT molecular complexity index is 493. The Morgan fingerprint density at radius 1 is 1.28 bits per heavy atom. The third kappa shape index (κ3) is 6.42. The van der Waals surface area contributed by atoms with Gasteiger partial charge in [0.25, 0.3) is 6.47 Å². The molecule has 1 saturated heterocycles. The van der Waals surface area contributed by atoms with Crippen LogP contribution in [-0.4, -0.2) is 44.4 Å². The molecule has 1 aromatic rings.